The van der Waals surface area contributed by atoms with Crippen LogP contribution in [0.1, 0.15) is 17.9 Å². The molecule has 3 rings (SSSR count). The van der Waals surface area contributed by atoms with Crippen molar-refractivity contribution in [2.45, 2.75) is 19.9 Å². The first kappa shape index (κ1) is 16.2. The van der Waals surface area contributed by atoms with Crippen LogP contribution in [0.15, 0.2) is 36.5 Å². The number of rotatable bonds is 6. The van der Waals surface area contributed by atoms with Crippen molar-refractivity contribution in [2.24, 2.45) is 0 Å². The summed E-state index contributed by atoms with van der Waals surface area (Å²) in [6.45, 7) is 4.45. The maximum Gasteiger partial charge on any atom is 0.214 e. The Hall–Kier alpha value is -1.70. The van der Waals surface area contributed by atoms with Crippen LogP contribution < -0.4 is 5.32 Å². The van der Waals surface area contributed by atoms with Crippen LogP contribution >= 0.6 is 0 Å². The normalized spacial score (nSPS) is 17.6. The minimum absolute atomic E-state index is 0.285. The Morgan fingerprint density at radius 2 is 2.04 bits per heavy atom. The number of hydrogen-bond donors (Lipinski definition) is 1. The molecule has 23 heavy (non-hydrogen) atoms. The summed E-state index contributed by atoms with van der Waals surface area (Å²) in [4.78, 5) is 4.39. The molecule has 1 fully saturated rings. The Morgan fingerprint density at radius 3 is 2.74 bits per heavy atom. The molecule has 0 aliphatic carbocycles. The Balaban J connectivity index is 1.59. The summed E-state index contributed by atoms with van der Waals surface area (Å²) in [5, 5.41) is 3.32. The number of benzene rings is 1. The van der Waals surface area contributed by atoms with Crippen molar-refractivity contribution in [3.8, 4) is 5.69 Å². The van der Waals surface area contributed by atoms with E-state index >= 15 is 0 Å². The Morgan fingerprint density at radius 1 is 1.26 bits per heavy atom. The smallest absolute Gasteiger partial charge is 0.214 e. The molecule has 124 valence electrons. The first-order chi connectivity index (χ1) is 11.1. The number of nitrogens with one attached hydrogen (secondary N) is 1. The van der Waals surface area contributed by atoms with Gasteiger partial charge in [0.1, 0.15) is 5.82 Å². The van der Waals surface area contributed by atoms with E-state index in [0.717, 1.165) is 23.6 Å². The second-order valence-electron chi connectivity index (χ2n) is 5.71. The fraction of sp³-hybridized carbons (Fsp3) is 0.438. The lowest BCUT2D eigenvalue weighted by Gasteiger charge is -2.15. The van der Waals surface area contributed by atoms with Crippen molar-refractivity contribution in [1.29, 1.82) is 0 Å². The maximum atomic E-state index is 11.8. The van der Waals surface area contributed by atoms with Crippen LogP contribution in [0.3, 0.4) is 0 Å². The predicted molar refractivity (Wildman–Crippen MR) is 90.0 cm³/mol. The van der Waals surface area contributed by atoms with Gasteiger partial charge in [-0.3, -0.25) is 4.57 Å². The molecular weight excluding hydrogens is 312 g/mol. The summed E-state index contributed by atoms with van der Waals surface area (Å²) >= 11 is 0. The molecule has 1 aliphatic heterocycles. The Labute approximate surface area is 137 Å². The first-order valence-electron chi connectivity index (χ1n) is 7.85. The molecule has 0 saturated carbocycles. The zero-order valence-corrected chi connectivity index (χ0v) is 14.1. The van der Waals surface area contributed by atoms with Crippen LogP contribution in [0.5, 0.6) is 0 Å². The molecule has 0 radical (unpaired) electrons. The van der Waals surface area contributed by atoms with Gasteiger partial charge in [0.15, 0.2) is 0 Å². The molecule has 0 unspecified atom stereocenters. The van der Waals surface area contributed by atoms with Gasteiger partial charge in [-0.1, -0.05) is 18.2 Å². The molecule has 1 aromatic heterocycles. The number of para-hydroxylation sites is 1. The summed E-state index contributed by atoms with van der Waals surface area (Å²) in [7, 11) is -3.00. The quantitative estimate of drug-likeness (QED) is 0.809. The predicted octanol–water partition coefficient (Wildman–Crippen LogP) is 1.31. The van der Waals surface area contributed by atoms with E-state index in [1.807, 2.05) is 31.3 Å². The van der Waals surface area contributed by atoms with Gasteiger partial charge in [-0.15, -0.1) is 0 Å². The van der Waals surface area contributed by atoms with E-state index in [9.17, 15) is 8.42 Å². The van der Waals surface area contributed by atoms with Gasteiger partial charge in [-0.05, 0) is 25.5 Å². The van der Waals surface area contributed by atoms with E-state index < -0.39 is 10.0 Å². The molecule has 0 amide bonds. The SMILES string of the molecule is Cc1ncc(CNCCN2CCCS2(=O)=O)n1-c1ccccc1. The lowest BCUT2D eigenvalue weighted by molar-refractivity contribution is 0.433. The van der Waals surface area contributed by atoms with Gasteiger partial charge in [0, 0.05) is 31.9 Å². The molecule has 0 spiro atoms. The van der Waals surface area contributed by atoms with Gasteiger partial charge in [0.05, 0.1) is 17.6 Å². The van der Waals surface area contributed by atoms with Crippen LogP contribution in [0, 0.1) is 6.92 Å². The number of imidazole rings is 1. The van der Waals surface area contributed by atoms with Crippen LogP contribution in [0.25, 0.3) is 5.69 Å². The van der Waals surface area contributed by atoms with E-state index in [0.29, 0.717) is 26.2 Å². The highest BCUT2D eigenvalue weighted by Crippen LogP contribution is 2.14. The van der Waals surface area contributed by atoms with Gasteiger partial charge >= 0.3 is 0 Å². The fourth-order valence-electron chi connectivity index (χ4n) is 2.91. The van der Waals surface area contributed by atoms with Gasteiger partial charge in [0.25, 0.3) is 0 Å². The van der Waals surface area contributed by atoms with Crippen molar-refractivity contribution in [2.75, 3.05) is 25.4 Å². The number of aryl methyl sites for hydroxylation is 1. The van der Waals surface area contributed by atoms with E-state index in [1.165, 1.54) is 0 Å². The molecule has 1 N–H and O–H groups in total. The first-order valence-corrected chi connectivity index (χ1v) is 9.46. The minimum Gasteiger partial charge on any atom is -0.310 e. The third-order valence-corrected chi connectivity index (χ3v) is 6.03. The van der Waals surface area contributed by atoms with Crippen LogP contribution in [0.4, 0.5) is 0 Å². The third kappa shape index (κ3) is 3.63. The summed E-state index contributed by atoms with van der Waals surface area (Å²) in [6, 6.07) is 10.1. The number of hydrogen-bond acceptors (Lipinski definition) is 4. The summed E-state index contributed by atoms with van der Waals surface area (Å²) in [6.07, 6.45) is 2.60. The largest absolute Gasteiger partial charge is 0.310 e. The highest BCUT2D eigenvalue weighted by Gasteiger charge is 2.27. The molecule has 1 aliphatic rings. The molecule has 2 heterocycles. The van der Waals surface area contributed by atoms with Gasteiger partial charge in [-0.25, -0.2) is 17.7 Å². The van der Waals surface area contributed by atoms with Crippen molar-refractivity contribution < 1.29 is 8.42 Å². The van der Waals surface area contributed by atoms with E-state index in [2.05, 4.69) is 27.0 Å². The van der Waals surface area contributed by atoms with Gasteiger partial charge < -0.3 is 5.32 Å². The molecule has 1 saturated heterocycles. The monoisotopic (exact) mass is 334 g/mol. The lowest BCUT2D eigenvalue weighted by atomic mass is 10.3. The Kier molecular flexibility index (Phi) is 4.79. The minimum atomic E-state index is -3.00. The highest BCUT2D eigenvalue weighted by atomic mass is 32.2. The zero-order valence-electron chi connectivity index (χ0n) is 13.3. The lowest BCUT2D eigenvalue weighted by Crippen LogP contribution is -2.33. The maximum absolute atomic E-state index is 11.8. The molecule has 6 nitrogen and oxygen atoms in total. The average Bonchev–Trinajstić information content (AvgIpc) is 3.07. The third-order valence-electron chi connectivity index (χ3n) is 4.07. The number of aromatic nitrogens is 2. The highest BCUT2D eigenvalue weighted by molar-refractivity contribution is 7.89. The van der Waals surface area contributed by atoms with Gasteiger partial charge in [0.2, 0.25) is 10.0 Å². The fourth-order valence-corrected chi connectivity index (χ4v) is 4.44. The Bertz CT molecular complexity index is 756. The van der Waals surface area contributed by atoms with Crippen molar-refractivity contribution in [3.63, 3.8) is 0 Å². The molecule has 0 bridgehead atoms. The number of sulfonamides is 1. The van der Waals surface area contributed by atoms with Gasteiger partial charge in [-0.2, -0.15) is 0 Å². The second-order valence-corrected chi connectivity index (χ2v) is 7.80. The second kappa shape index (κ2) is 6.82. The topological polar surface area (TPSA) is 67.2 Å². The van der Waals surface area contributed by atoms with Crippen molar-refractivity contribution in [3.05, 3.63) is 48.0 Å². The summed E-state index contributed by atoms with van der Waals surface area (Å²) in [5.41, 5.74) is 2.15. The standard InChI is InChI=1S/C16H22N4O2S/c1-14-18-13-16(20(14)15-6-3-2-4-7-15)12-17-8-10-19-9-5-11-23(19,21)22/h2-4,6-7,13,17H,5,8-12H2,1H3. The van der Waals surface area contributed by atoms with E-state index in [1.54, 1.807) is 4.31 Å². The summed E-state index contributed by atoms with van der Waals surface area (Å²) in [5.74, 6) is 1.22. The molecular formula is C16H22N4O2S. The van der Waals surface area contributed by atoms with Crippen LogP contribution in [-0.4, -0.2) is 47.7 Å². The number of nitrogens with zero attached hydrogens (tertiary/aromatic N) is 3. The molecule has 1 aromatic carbocycles. The van der Waals surface area contributed by atoms with E-state index in [-0.39, 0.29) is 5.75 Å². The van der Waals surface area contributed by atoms with E-state index in [4.69, 9.17) is 0 Å². The van der Waals surface area contributed by atoms with Crippen molar-refractivity contribution in [1.82, 2.24) is 19.2 Å². The zero-order chi connectivity index (χ0) is 16.3. The van der Waals surface area contributed by atoms with Crippen LogP contribution in [-0.2, 0) is 16.6 Å². The van der Waals surface area contributed by atoms with Crippen LogP contribution in [0.2, 0.25) is 0 Å². The summed E-state index contributed by atoms with van der Waals surface area (Å²) < 4.78 is 27.2. The molecule has 2 aromatic rings. The average molecular weight is 334 g/mol. The molecule has 7 heteroatoms. The van der Waals surface area contributed by atoms with Crippen molar-refractivity contribution >= 4 is 10.0 Å². The molecule has 0 atom stereocenters.